The van der Waals surface area contributed by atoms with Gasteiger partial charge in [-0.15, -0.1) is 11.3 Å². The highest BCUT2D eigenvalue weighted by Crippen LogP contribution is 2.29. The number of benzene rings is 2. The summed E-state index contributed by atoms with van der Waals surface area (Å²) in [5, 5.41) is 7.18. The van der Waals surface area contributed by atoms with Crippen LogP contribution >= 0.6 is 22.9 Å². The molecule has 0 aliphatic carbocycles. The van der Waals surface area contributed by atoms with Crippen LogP contribution in [0.1, 0.15) is 11.1 Å². The average molecular weight is 389 g/mol. The van der Waals surface area contributed by atoms with Gasteiger partial charge < -0.3 is 15.2 Å². The normalized spacial score (nSPS) is 10.8. The summed E-state index contributed by atoms with van der Waals surface area (Å²) in [4.78, 5) is 4.07. The van der Waals surface area contributed by atoms with E-state index in [9.17, 15) is 0 Å². The SMILES string of the molecule is COc1cc(C=NNc2nc(N)cs2)ccc1OCc1ccccc1Cl. The number of nitrogen functional groups attached to an aromatic ring is 1. The molecule has 1 heterocycles. The second kappa shape index (κ2) is 8.55. The van der Waals surface area contributed by atoms with Gasteiger partial charge in [-0.2, -0.15) is 5.10 Å². The minimum Gasteiger partial charge on any atom is -0.493 e. The largest absolute Gasteiger partial charge is 0.493 e. The van der Waals surface area contributed by atoms with Crippen LogP contribution in [0.15, 0.2) is 52.9 Å². The first kappa shape index (κ1) is 18.0. The molecule has 26 heavy (non-hydrogen) atoms. The van der Waals surface area contributed by atoms with E-state index in [-0.39, 0.29) is 0 Å². The molecule has 0 fully saturated rings. The van der Waals surface area contributed by atoms with Gasteiger partial charge in [-0.25, -0.2) is 4.98 Å². The first-order valence-corrected chi connectivity index (χ1v) is 8.96. The Labute approximate surface area is 160 Å². The molecule has 0 saturated carbocycles. The van der Waals surface area contributed by atoms with Gasteiger partial charge in [0.2, 0.25) is 5.13 Å². The molecule has 3 N–H and O–H groups in total. The third kappa shape index (κ3) is 4.65. The second-order valence-electron chi connectivity index (χ2n) is 5.24. The van der Waals surface area contributed by atoms with E-state index < -0.39 is 0 Å². The zero-order chi connectivity index (χ0) is 18.4. The third-order valence-electron chi connectivity index (χ3n) is 3.42. The highest BCUT2D eigenvalue weighted by molar-refractivity contribution is 7.14. The minimum absolute atomic E-state index is 0.358. The molecule has 0 saturated heterocycles. The van der Waals surface area contributed by atoms with Gasteiger partial charge >= 0.3 is 0 Å². The summed E-state index contributed by atoms with van der Waals surface area (Å²) in [5.41, 5.74) is 10.2. The number of methoxy groups -OCH3 is 1. The number of aromatic nitrogens is 1. The molecule has 1 aromatic heterocycles. The van der Waals surface area contributed by atoms with Gasteiger partial charge in [0.15, 0.2) is 11.5 Å². The topological polar surface area (TPSA) is 81.8 Å². The van der Waals surface area contributed by atoms with Crippen molar-refractivity contribution in [2.24, 2.45) is 5.10 Å². The lowest BCUT2D eigenvalue weighted by molar-refractivity contribution is 0.284. The zero-order valence-electron chi connectivity index (χ0n) is 14.0. The van der Waals surface area contributed by atoms with E-state index in [4.69, 9.17) is 26.8 Å². The second-order valence-corrected chi connectivity index (χ2v) is 6.50. The molecule has 134 valence electrons. The fourth-order valence-electron chi connectivity index (χ4n) is 2.15. The Balaban J connectivity index is 1.66. The smallest absolute Gasteiger partial charge is 0.205 e. The zero-order valence-corrected chi connectivity index (χ0v) is 15.6. The molecule has 0 unspecified atom stereocenters. The molecule has 0 radical (unpaired) electrons. The predicted octanol–water partition coefficient (Wildman–Crippen LogP) is 4.41. The highest BCUT2D eigenvalue weighted by Gasteiger charge is 2.07. The summed E-state index contributed by atoms with van der Waals surface area (Å²) in [7, 11) is 1.59. The lowest BCUT2D eigenvalue weighted by Gasteiger charge is -2.12. The lowest BCUT2D eigenvalue weighted by atomic mass is 10.2. The Morgan fingerprint density at radius 3 is 2.85 bits per heavy atom. The summed E-state index contributed by atoms with van der Waals surface area (Å²) >= 11 is 7.53. The first-order chi connectivity index (χ1) is 12.7. The number of ether oxygens (including phenoxy) is 2. The minimum atomic E-state index is 0.358. The van der Waals surface area contributed by atoms with Gasteiger partial charge in [-0.3, -0.25) is 5.43 Å². The lowest BCUT2D eigenvalue weighted by Crippen LogP contribution is -1.99. The van der Waals surface area contributed by atoms with Crippen molar-refractivity contribution in [3.63, 3.8) is 0 Å². The number of hydrazone groups is 1. The molecule has 3 rings (SSSR count). The van der Waals surface area contributed by atoms with E-state index in [0.29, 0.717) is 34.1 Å². The molecule has 3 aromatic rings. The Morgan fingerprint density at radius 2 is 2.12 bits per heavy atom. The Bertz CT molecular complexity index is 914. The molecule has 0 amide bonds. The van der Waals surface area contributed by atoms with Gasteiger partial charge in [-0.05, 0) is 29.8 Å². The molecule has 0 spiro atoms. The van der Waals surface area contributed by atoms with Crippen molar-refractivity contribution in [3.8, 4) is 11.5 Å². The third-order valence-corrected chi connectivity index (χ3v) is 4.56. The van der Waals surface area contributed by atoms with E-state index in [1.165, 1.54) is 11.3 Å². The van der Waals surface area contributed by atoms with Crippen molar-refractivity contribution in [1.29, 1.82) is 0 Å². The van der Waals surface area contributed by atoms with Crippen molar-refractivity contribution in [3.05, 3.63) is 64.0 Å². The summed E-state index contributed by atoms with van der Waals surface area (Å²) in [5.74, 6) is 1.71. The van der Waals surface area contributed by atoms with E-state index in [1.54, 1.807) is 18.7 Å². The number of hydrogen-bond acceptors (Lipinski definition) is 7. The van der Waals surface area contributed by atoms with Crippen molar-refractivity contribution in [2.75, 3.05) is 18.3 Å². The number of nitrogens with zero attached hydrogens (tertiary/aromatic N) is 2. The van der Waals surface area contributed by atoms with Crippen LogP contribution in [0, 0.1) is 0 Å². The van der Waals surface area contributed by atoms with E-state index >= 15 is 0 Å². The molecule has 2 aromatic carbocycles. The van der Waals surface area contributed by atoms with Gasteiger partial charge in [-0.1, -0.05) is 29.8 Å². The van der Waals surface area contributed by atoms with Crippen molar-refractivity contribution in [1.82, 2.24) is 4.98 Å². The van der Waals surface area contributed by atoms with Crippen LogP contribution in [0.5, 0.6) is 11.5 Å². The van der Waals surface area contributed by atoms with E-state index in [0.717, 1.165) is 11.1 Å². The summed E-state index contributed by atoms with van der Waals surface area (Å²) in [6.07, 6.45) is 1.66. The summed E-state index contributed by atoms with van der Waals surface area (Å²) < 4.78 is 11.2. The van der Waals surface area contributed by atoms with Gasteiger partial charge in [0.05, 0.1) is 13.3 Å². The standard InChI is InChI=1S/C18H17ClN4O2S/c1-24-16-8-12(9-21-23-18-22-17(20)11-26-18)6-7-15(16)25-10-13-4-2-3-5-14(13)19/h2-9,11H,10,20H2,1H3,(H,22,23). The van der Waals surface area contributed by atoms with Crippen LogP contribution in [-0.4, -0.2) is 18.3 Å². The maximum atomic E-state index is 6.15. The van der Waals surface area contributed by atoms with Crippen molar-refractivity contribution >= 4 is 40.1 Å². The number of nitrogens with one attached hydrogen (secondary N) is 1. The summed E-state index contributed by atoms with van der Waals surface area (Å²) in [6.45, 7) is 0.358. The van der Waals surface area contributed by atoms with Crippen LogP contribution < -0.4 is 20.6 Å². The number of rotatable bonds is 7. The van der Waals surface area contributed by atoms with Gasteiger partial charge in [0.1, 0.15) is 12.4 Å². The number of halogens is 1. The monoisotopic (exact) mass is 388 g/mol. The number of thiazole rings is 1. The molecular weight excluding hydrogens is 372 g/mol. The molecular formula is C18H17ClN4O2S. The maximum absolute atomic E-state index is 6.15. The fourth-order valence-corrected chi connectivity index (χ4v) is 2.89. The number of hydrogen-bond donors (Lipinski definition) is 2. The maximum Gasteiger partial charge on any atom is 0.205 e. The number of nitrogens with two attached hydrogens (primary N) is 1. The van der Waals surface area contributed by atoms with Crippen LogP contribution in [0.4, 0.5) is 10.9 Å². The van der Waals surface area contributed by atoms with Crippen molar-refractivity contribution in [2.45, 2.75) is 6.61 Å². The van der Waals surface area contributed by atoms with Crippen LogP contribution in [-0.2, 0) is 6.61 Å². The molecule has 6 nitrogen and oxygen atoms in total. The Kier molecular flexibility index (Phi) is 5.93. The summed E-state index contributed by atoms with van der Waals surface area (Å²) in [6, 6.07) is 13.1. The Hall–Kier alpha value is -2.77. The van der Waals surface area contributed by atoms with E-state index in [2.05, 4.69) is 15.5 Å². The van der Waals surface area contributed by atoms with Crippen LogP contribution in [0.25, 0.3) is 0 Å². The van der Waals surface area contributed by atoms with Crippen LogP contribution in [0.3, 0.4) is 0 Å². The highest BCUT2D eigenvalue weighted by atomic mass is 35.5. The molecule has 0 bridgehead atoms. The van der Waals surface area contributed by atoms with E-state index in [1.807, 2.05) is 42.5 Å². The van der Waals surface area contributed by atoms with Crippen LogP contribution in [0.2, 0.25) is 5.02 Å². The van der Waals surface area contributed by atoms with Gasteiger partial charge in [0.25, 0.3) is 0 Å². The molecule has 0 atom stereocenters. The van der Waals surface area contributed by atoms with Gasteiger partial charge in [0, 0.05) is 16.0 Å². The van der Waals surface area contributed by atoms with Crippen molar-refractivity contribution < 1.29 is 9.47 Å². The quantitative estimate of drug-likeness (QED) is 0.462. The average Bonchev–Trinajstić information content (AvgIpc) is 3.06. The Morgan fingerprint density at radius 1 is 1.27 bits per heavy atom. The molecule has 8 heteroatoms. The molecule has 0 aliphatic rings. The number of anilines is 2. The predicted molar refractivity (Wildman–Crippen MR) is 107 cm³/mol. The first-order valence-electron chi connectivity index (χ1n) is 7.70. The molecule has 0 aliphatic heterocycles. The fraction of sp³-hybridized carbons (Fsp3) is 0.111.